The van der Waals surface area contributed by atoms with Crippen molar-refractivity contribution in [3.05, 3.63) is 69.6 Å². The highest BCUT2D eigenvalue weighted by atomic mass is 16.4. The SMILES string of the molecule is N#Cc1ccc(-c2ccc(-c3c(C(=O)O)c(N)[nH]c(=O)c3C(=O)O)cc2)nc1. The summed E-state index contributed by atoms with van der Waals surface area (Å²) in [5, 5.41) is 27.7. The van der Waals surface area contributed by atoms with Gasteiger partial charge in [0, 0.05) is 17.3 Å². The van der Waals surface area contributed by atoms with Crippen LogP contribution in [0.3, 0.4) is 0 Å². The third-order valence-corrected chi connectivity index (χ3v) is 4.03. The number of pyridine rings is 2. The van der Waals surface area contributed by atoms with E-state index in [2.05, 4.69) is 9.97 Å². The van der Waals surface area contributed by atoms with E-state index in [1.165, 1.54) is 18.3 Å². The Kier molecular flexibility index (Phi) is 4.62. The number of rotatable bonds is 4. The molecule has 0 radical (unpaired) electrons. The predicted octanol–water partition coefficient (Wildman–Crippen LogP) is 1.95. The molecule has 0 saturated carbocycles. The number of hydrogen-bond acceptors (Lipinski definition) is 6. The smallest absolute Gasteiger partial charge is 0.342 e. The second-order valence-electron chi connectivity index (χ2n) is 5.72. The molecule has 0 amide bonds. The van der Waals surface area contributed by atoms with Crippen molar-refractivity contribution in [3.8, 4) is 28.5 Å². The lowest BCUT2D eigenvalue weighted by Crippen LogP contribution is -2.24. The predicted molar refractivity (Wildman–Crippen MR) is 98.8 cm³/mol. The summed E-state index contributed by atoms with van der Waals surface area (Å²) in [5.74, 6) is -3.48. The van der Waals surface area contributed by atoms with Gasteiger partial charge in [-0.05, 0) is 17.7 Å². The molecular weight excluding hydrogens is 364 g/mol. The Hall–Kier alpha value is -4.45. The number of nitrogens with zero attached hydrogens (tertiary/aromatic N) is 2. The molecule has 0 saturated heterocycles. The topological polar surface area (TPSA) is 170 Å². The van der Waals surface area contributed by atoms with Crippen LogP contribution in [0.5, 0.6) is 0 Å². The highest BCUT2D eigenvalue weighted by molar-refractivity contribution is 6.07. The summed E-state index contributed by atoms with van der Waals surface area (Å²) in [5.41, 5.74) is 4.94. The monoisotopic (exact) mass is 376 g/mol. The van der Waals surface area contributed by atoms with Crippen LogP contribution in [0.1, 0.15) is 26.3 Å². The van der Waals surface area contributed by atoms with Crippen LogP contribution in [0.2, 0.25) is 0 Å². The van der Waals surface area contributed by atoms with Gasteiger partial charge in [-0.2, -0.15) is 5.26 Å². The van der Waals surface area contributed by atoms with Gasteiger partial charge in [0.2, 0.25) is 0 Å². The summed E-state index contributed by atoms with van der Waals surface area (Å²) in [7, 11) is 0. The van der Waals surface area contributed by atoms with E-state index in [4.69, 9.17) is 11.0 Å². The molecule has 9 nitrogen and oxygen atoms in total. The Morgan fingerprint density at radius 3 is 2.11 bits per heavy atom. The molecule has 2 heterocycles. The molecule has 0 fully saturated rings. The summed E-state index contributed by atoms with van der Waals surface area (Å²) in [4.78, 5) is 41.4. The van der Waals surface area contributed by atoms with Crippen molar-refractivity contribution in [2.24, 2.45) is 0 Å². The van der Waals surface area contributed by atoms with E-state index < -0.39 is 34.4 Å². The molecule has 0 bridgehead atoms. The Balaban J connectivity index is 2.18. The molecule has 3 aromatic rings. The average Bonchev–Trinajstić information content (AvgIpc) is 2.67. The molecule has 0 aliphatic carbocycles. The van der Waals surface area contributed by atoms with E-state index in [0.717, 1.165) is 0 Å². The maximum Gasteiger partial charge on any atom is 0.342 e. The molecular formula is C19H12N4O5. The van der Waals surface area contributed by atoms with Gasteiger partial charge in [-0.1, -0.05) is 24.3 Å². The molecule has 0 atom stereocenters. The number of nitriles is 1. The quantitative estimate of drug-likeness (QED) is 0.535. The number of aromatic nitrogens is 2. The number of aromatic amines is 1. The number of carboxylic acids is 2. The Bertz CT molecular complexity index is 1190. The Morgan fingerprint density at radius 2 is 1.61 bits per heavy atom. The molecule has 0 spiro atoms. The fourth-order valence-corrected chi connectivity index (χ4v) is 2.77. The first kappa shape index (κ1) is 18.3. The van der Waals surface area contributed by atoms with E-state index in [1.807, 2.05) is 6.07 Å². The van der Waals surface area contributed by atoms with Crippen molar-refractivity contribution in [1.29, 1.82) is 5.26 Å². The standard InChI is InChI=1S/C19H12N4O5/c20-7-9-1-6-12(22-8-9)10-2-4-11(5-3-10)13-14(18(25)26)16(21)23-17(24)15(13)19(27)28/h1-6,8H,(H,25,26)(H,27,28)(H3,21,23,24). The lowest BCUT2D eigenvalue weighted by atomic mass is 9.94. The number of nitrogen functional groups attached to an aromatic ring is 1. The third kappa shape index (κ3) is 3.17. The number of benzene rings is 1. The van der Waals surface area contributed by atoms with Gasteiger partial charge in [0.25, 0.3) is 5.56 Å². The first-order valence-electron chi connectivity index (χ1n) is 7.82. The van der Waals surface area contributed by atoms with Crippen molar-refractivity contribution in [3.63, 3.8) is 0 Å². The van der Waals surface area contributed by atoms with Crippen LogP contribution in [0.4, 0.5) is 5.82 Å². The molecule has 138 valence electrons. The van der Waals surface area contributed by atoms with Gasteiger partial charge in [0.1, 0.15) is 23.0 Å². The largest absolute Gasteiger partial charge is 0.478 e. The van der Waals surface area contributed by atoms with Gasteiger partial charge < -0.3 is 20.9 Å². The van der Waals surface area contributed by atoms with Crippen LogP contribution in [0, 0.1) is 11.3 Å². The zero-order valence-corrected chi connectivity index (χ0v) is 14.1. The van der Waals surface area contributed by atoms with Crippen molar-refractivity contribution in [2.75, 3.05) is 5.73 Å². The molecule has 0 aliphatic rings. The van der Waals surface area contributed by atoms with Gasteiger partial charge in [-0.25, -0.2) is 9.59 Å². The summed E-state index contributed by atoms with van der Waals surface area (Å²) < 4.78 is 0. The Morgan fingerprint density at radius 1 is 1.00 bits per heavy atom. The second kappa shape index (κ2) is 7.05. The van der Waals surface area contributed by atoms with Gasteiger partial charge in [0.05, 0.1) is 11.3 Å². The van der Waals surface area contributed by atoms with Crippen LogP contribution in [-0.4, -0.2) is 32.1 Å². The van der Waals surface area contributed by atoms with Gasteiger partial charge in [-0.3, -0.25) is 9.78 Å². The highest BCUT2D eigenvalue weighted by Crippen LogP contribution is 2.30. The van der Waals surface area contributed by atoms with Crippen molar-refractivity contribution >= 4 is 17.8 Å². The van der Waals surface area contributed by atoms with Crippen LogP contribution in [0.15, 0.2) is 47.4 Å². The molecule has 5 N–H and O–H groups in total. The maximum absolute atomic E-state index is 12.1. The van der Waals surface area contributed by atoms with Crippen molar-refractivity contribution in [2.45, 2.75) is 0 Å². The first-order chi connectivity index (χ1) is 13.3. The normalized spacial score (nSPS) is 10.2. The number of H-pyrrole nitrogens is 1. The fourth-order valence-electron chi connectivity index (χ4n) is 2.77. The minimum absolute atomic E-state index is 0.199. The number of nitrogens with one attached hydrogen (secondary N) is 1. The van der Waals surface area contributed by atoms with Gasteiger partial charge >= 0.3 is 11.9 Å². The number of carboxylic acid groups (broad SMARTS) is 2. The lowest BCUT2D eigenvalue weighted by Gasteiger charge is -2.12. The zero-order chi connectivity index (χ0) is 20.4. The van der Waals surface area contributed by atoms with Gasteiger partial charge in [-0.15, -0.1) is 0 Å². The number of anilines is 1. The molecule has 0 aliphatic heterocycles. The van der Waals surface area contributed by atoms with E-state index in [1.54, 1.807) is 24.3 Å². The summed E-state index contributed by atoms with van der Waals surface area (Å²) in [6.45, 7) is 0. The second-order valence-corrected chi connectivity index (χ2v) is 5.72. The summed E-state index contributed by atoms with van der Waals surface area (Å²) >= 11 is 0. The van der Waals surface area contributed by atoms with E-state index in [9.17, 15) is 24.6 Å². The first-order valence-corrected chi connectivity index (χ1v) is 7.82. The molecule has 28 heavy (non-hydrogen) atoms. The maximum atomic E-state index is 12.1. The highest BCUT2D eigenvalue weighted by Gasteiger charge is 2.26. The molecule has 2 aromatic heterocycles. The number of hydrogen-bond donors (Lipinski definition) is 4. The third-order valence-electron chi connectivity index (χ3n) is 4.03. The van der Waals surface area contributed by atoms with Crippen LogP contribution < -0.4 is 11.3 Å². The van der Waals surface area contributed by atoms with Crippen molar-refractivity contribution < 1.29 is 19.8 Å². The van der Waals surface area contributed by atoms with Gasteiger partial charge in [0.15, 0.2) is 0 Å². The molecule has 0 unspecified atom stereocenters. The number of aromatic carboxylic acids is 2. The average molecular weight is 376 g/mol. The van der Waals surface area contributed by atoms with Crippen LogP contribution in [-0.2, 0) is 0 Å². The molecule has 3 rings (SSSR count). The lowest BCUT2D eigenvalue weighted by molar-refractivity contribution is 0.0695. The van der Waals surface area contributed by atoms with Crippen molar-refractivity contribution in [1.82, 2.24) is 9.97 Å². The minimum atomic E-state index is -1.57. The summed E-state index contributed by atoms with van der Waals surface area (Å²) in [6, 6.07) is 11.3. The van der Waals surface area contributed by atoms with Crippen LogP contribution >= 0.6 is 0 Å². The fraction of sp³-hybridized carbons (Fsp3) is 0. The van der Waals surface area contributed by atoms with E-state index >= 15 is 0 Å². The summed E-state index contributed by atoms with van der Waals surface area (Å²) in [6.07, 6.45) is 1.41. The molecule has 1 aromatic carbocycles. The van der Waals surface area contributed by atoms with Crippen LogP contribution in [0.25, 0.3) is 22.4 Å². The Labute approximate surface area is 157 Å². The number of nitrogens with two attached hydrogens (primary N) is 1. The number of carbonyl (C=O) groups is 2. The molecule has 9 heteroatoms. The van der Waals surface area contributed by atoms with E-state index in [-0.39, 0.29) is 11.1 Å². The zero-order valence-electron chi connectivity index (χ0n) is 14.1. The minimum Gasteiger partial charge on any atom is -0.478 e. The van der Waals surface area contributed by atoms with E-state index in [0.29, 0.717) is 16.8 Å².